The molecular weight excluding hydrogens is 810 g/mol. The molecule has 2 unspecified atom stereocenters. The number of carbonyl (C=O) groups excluding carboxylic acids is 2. The SMILES string of the molecule is CC/C=C\C/C=C\C/C=C\C/C=C\C/C=C\C/C=C\C/C=C\C/C=C\CCCCCCC(=O)OC(COC(=O)CC/C=C\C/C=C\C/C=C\C/C=C\CC)COP(=O)(O)OCCN. The van der Waals surface area contributed by atoms with Gasteiger partial charge < -0.3 is 20.1 Å². The van der Waals surface area contributed by atoms with Crippen LogP contribution in [0, 0.1) is 0 Å². The van der Waals surface area contributed by atoms with Gasteiger partial charge in [-0.15, -0.1) is 0 Å². The van der Waals surface area contributed by atoms with Gasteiger partial charge in [0.15, 0.2) is 6.10 Å². The van der Waals surface area contributed by atoms with Crippen LogP contribution in [0.15, 0.2) is 146 Å². The Hall–Kier alpha value is -4.11. The zero-order valence-electron chi connectivity index (χ0n) is 38.7. The monoisotopic (exact) mass is 892 g/mol. The molecule has 0 aliphatic heterocycles. The van der Waals surface area contributed by atoms with E-state index in [9.17, 15) is 19.0 Å². The van der Waals surface area contributed by atoms with Crippen LogP contribution in [0.2, 0.25) is 0 Å². The maximum absolute atomic E-state index is 12.6. The Morgan fingerprint density at radius 2 is 0.857 bits per heavy atom. The van der Waals surface area contributed by atoms with E-state index >= 15 is 0 Å². The van der Waals surface area contributed by atoms with Crippen LogP contribution in [0.5, 0.6) is 0 Å². The molecule has 3 N–H and O–H groups in total. The lowest BCUT2D eigenvalue weighted by molar-refractivity contribution is -0.161. The highest BCUT2D eigenvalue weighted by Gasteiger charge is 2.25. The molecular formula is C53H82NO8P. The van der Waals surface area contributed by atoms with E-state index in [4.69, 9.17) is 24.3 Å². The van der Waals surface area contributed by atoms with Crippen molar-refractivity contribution in [3.8, 4) is 0 Å². The third kappa shape index (κ3) is 47.2. The standard InChI is InChI=1S/C53H82NO8P/c1-3-5-7-9-11-13-15-17-18-19-20-21-22-23-24-25-26-27-28-29-30-31-32-34-36-38-40-42-44-46-53(56)62-51(50-61-63(57,58)60-48-47-54)49-59-52(55)45-43-41-39-37-35-33-16-14-12-10-8-6-4-2/h5-8,11-14,17-18,20-21,23-24,26-27,29-30,32-35,39,41,51H,3-4,9-10,15-16,19,22,25,28,31,36-38,40,42-50,54H2,1-2H3,(H,57,58)/b7-5-,8-6-,13-11-,14-12-,18-17-,21-20-,24-23-,27-26-,30-29-,34-32-,35-33-,41-39-. The van der Waals surface area contributed by atoms with E-state index in [2.05, 4.69) is 148 Å². The maximum Gasteiger partial charge on any atom is 0.472 e. The summed E-state index contributed by atoms with van der Waals surface area (Å²) in [6.45, 7) is 3.34. The number of phosphoric ester groups is 1. The second-order valence-corrected chi connectivity index (χ2v) is 16.0. The van der Waals surface area contributed by atoms with Gasteiger partial charge in [-0.1, -0.05) is 173 Å². The first-order valence-corrected chi connectivity index (χ1v) is 24.8. The highest BCUT2D eigenvalue weighted by molar-refractivity contribution is 7.47. The molecule has 0 aliphatic rings. The third-order valence-corrected chi connectivity index (χ3v) is 9.72. The molecule has 0 amide bonds. The molecule has 0 aromatic rings. The molecule has 63 heavy (non-hydrogen) atoms. The summed E-state index contributed by atoms with van der Waals surface area (Å²) in [6, 6.07) is 0. The van der Waals surface area contributed by atoms with E-state index in [1.54, 1.807) is 0 Å². The van der Waals surface area contributed by atoms with Crippen LogP contribution in [-0.2, 0) is 32.7 Å². The van der Waals surface area contributed by atoms with Gasteiger partial charge in [-0.3, -0.25) is 18.6 Å². The molecule has 10 heteroatoms. The summed E-state index contributed by atoms with van der Waals surface area (Å²) >= 11 is 0. The second kappa shape index (κ2) is 47.4. The molecule has 352 valence electrons. The number of allylic oxidation sites excluding steroid dienone is 24. The van der Waals surface area contributed by atoms with Gasteiger partial charge in [0.25, 0.3) is 0 Å². The molecule has 0 radical (unpaired) electrons. The molecule has 2 atom stereocenters. The van der Waals surface area contributed by atoms with Crippen molar-refractivity contribution in [2.75, 3.05) is 26.4 Å². The van der Waals surface area contributed by atoms with Crippen molar-refractivity contribution < 1.29 is 37.6 Å². The molecule has 0 aromatic heterocycles. The molecule has 0 fully saturated rings. The van der Waals surface area contributed by atoms with Crippen LogP contribution >= 0.6 is 7.82 Å². The van der Waals surface area contributed by atoms with Crippen molar-refractivity contribution >= 4 is 19.8 Å². The van der Waals surface area contributed by atoms with Crippen molar-refractivity contribution in [2.45, 2.75) is 148 Å². The molecule has 9 nitrogen and oxygen atoms in total. The molecule has 0 rings (SSSR count). The normalized spacial score (nSPS) is 14.5. The predicted octanol–water partition coefficient (Wildman–Crippen LogP) is 14.0. The van der Waals surface area contributed by atoms with Crippen molar-refractivity contribution in [3.63, 3.8) is 0 Å². The topological polar surface area (TPSA) is 134 Å². The molecule has 0 saturated heterocycles. The predicted molar refractivity (Wildman–Crippen MR) is 265 cm³/mol. The van der Waals surface area contributed by atoms with Gasteiger partial charge in [-0.2, -0.15) is 0 Å². The lowest BCUT2D eigenvalue weighted by Gasteiger charge is -2.19. The van der Waals surface area contributed by atoms with Gasteiger partial charge in [0.05, 0.1) is 13.2 Å². The lowest BCUT2D eigenvalue weighted by Crippen LogP contribution is -2.29. The lowest BCUT2D eigenvalue weighted by atomic mass is 10.1. The van der Waals surface area contributed by atoms with Gasteiger partial charge >= 0.3 is 19.8 Å². The Morgan fingerprint density at radius 1 is 0.476 bits per heavy atom. The number of hydrogen-bond acceptors (Lipinski definition) is 8. The average Bonchev–Trinajstić information content (AvgIpc) is 3.27. The van der Waals surface area contributed by atoms with Crippen molar-refractivity contribution in [2.24, 2.45) is 5.73 Å². The van der Waals surface area contributed by atoms with Crippen LogP contribution in [0.1, 0.15) is 142 Å². The highest BCUT2D eigenvalue weighted by Crippen LogP contribution is 2.43. The van der Waals surface area contributed by atoms with Crippen molar-refractivity contribution in [3.05, 3.63) is 146 Å². The van der Waals surface area contributed by atoms with Crippen LogP contribution in [-0.4, -0.2) is 49.3 Å². The molecule has 0 spiro atoms. The number of carbonyl (C=O) groups is 2. The van der Waals surface area contributed by atoms with E-state index in [-0.39, 0.29) is 32.6 Å². The first-order valence-electron chi connectivity index (χ1n) is 23.3. The fourth-order valence-corrected chi connectivity index (χ4v) is 6.13. The van der Waals surface area contributed by atoms with Crippen LogP contribution in [0.4, 0.5) is 0 Å². The van der Waals surface area contributed by atoms with E-state index in [1.165, 1.54) is 0 Å². The van der Waals surface area contributed by atoms with Crippen molar-refractivity contribution in [1.29, 1.82) is 0 Å². The minimum absolute atomic E-state index is 0.0309. The Bertz CT molecular complexity index is 1530. The van der Waals surface area contributed by atoms with E-state index < -0.39 is 32.5 Å². The number of hydrogen-bond donors (Lipinski definition) is 2. The molecule has 0 saturated carbocycles. The molecule has 0 aromatic carbocycles. The quantitative estimate of drug-likeness (QED) is 0.0266. The second-order valence-electron chi connectivity index (χ2n) is 14.5. The number of phosphoric acid groups is 1. The van der Waals surface area contributed by atoms with E-state index in [1.807, 2.05) is 12.2 Å². The summed E-state index contributed by atoms with van der Waals surface area (Å²) in [7, 11) is -4.41. The Balaban J connectivity index is 4.24. The smallest absolute Gasteiger partial charge is 0.462 e. The minimum Gasteiger partial charge on any atom is -0.462 e. The largest absolute Gasteiger partial charge is 0.472 e. The van der Waals surface area contributed by atoms with Gasteiger partial charge in [0, 0.05) is 19.4 Å². The van der Waals surface area contributed by atoms with E-state index in [0.717, 1.165) is 103 Å². The summed E-state index contributed by atoms with van der Waals surface area (Å²) in [6.07, 6.45) is 67.6. The fraction of sp³-hybridized carbons (Fsp3) is 0.509. The summed E-state index contributed by atoms with van der Waals surface area (Å²) in [5.41, 5.74) is 5.34. The maximum atomic E-state index is 12.6. The zero-order valence-corrected chi connectivity index (χ0v) is 39.6. The highest BCUT2D eigenvalue weighted by atomic mass is 31.2. The average molecular weight is 892 g/mol. The van der Waals surface area contributed by atoms with Gasteiger partial charge in [0.2, 0.25) is 0 Å². The summed E-state index contributed by atoms with van der Waals surface area (Å²) in [5.74, 6) is -0.970. The molecule has 0 aliphatic carbocycles. The Kier molecular flexibility index (Phi) is 44.3. The van der Waals surface area contributed by atoms with Gasteiger partial charge in [-0.05, 0) is 103 Å². The van der Waals surface area contributed by atoms with Crippen LogP contribution in [0.3, 0.4) is 0 Å². The first-order chi connectivity index (χ1) is 30.8. The minimum atomic E-state index is -4.41. The number of nitrogens with two attached hydrogens (primary N) is 1. The number of rotatable bonds is 41. The van der Waals surface area contributed by atoms with Crippen molar-refractivity contribution in [1.82, 2.24) is 0 Å². The Labute approximate surface area is 382 Å². The molecule has 0 heterocycles. The number of esters is 2. The van der Waals surface area contributed by atoms with Gasteiger partial charge in [-0.25, -0.2) is 4.57 Å². The van der Waals surface area contributed by atoms with Crippen LogP contribution in [0.25, 0.3) is 0 Å². The zero-order chi connectivity index (χ0) is 46.0. The Morgan fingerprint density at radius 3 is 1.27 bits per heavy atom. The number of ether oxygens (including phenoxy) is 2. The fourth-order valence-electron chi connectivity index (χ4n) is 5.37. The number of unbranched alkanes of at least 4 members (excludes halogenated alkanes) is 4. The first kappa shape index (κ1) is 58.9. The van der Waals surface area contributed by atoms with Crippen LogP contribution < -0.4 is 5.73 Å². The van der Waals surface area contributed by atoms with E-state index in [0.29, 0.717) is 12.8 Å². The summed E-state index contributed by atoms with van der Waals surface area (Å²) in [5, 5.41) is 0. The summed E-state index contributed by atoms with van der Waals surface area (Å²) < 4.78 is 32.7. The third-order valence-electron chi connectivity index (χ3n) is 8.73. The van der Waals surface area contributed by atoms with Gasteiger partial charge in [0.1, 0.15) is 6.61 Å². The molecule has 0 bridgehead atoms. The summed E-state index contributed by atoms with van der Waals surface area (Å²) in [4.78, 5) is 34.9.